The monoisotopic (exact) mass is 359 g/mol. The molecule has 25 heavy (non-hydrogen) atoms. The summed E-state index contributed by atoms with van der Waals surface area (Å²) >= 11 is 5.90. The molecular formula is C19H22ClN3O2. The van der Waals surface area contributed by atoms with Gasteiger partial charge in [-0.05, 0) is 62.0 Å². The SMILES string of the molecule is O=C(Cc1coc(-c2ccc(Cl)cc2)n1)N1CC[C@@H]2CNC[C@@H]2CC1. The Hall–Kier alpha value is -1.85. The summed E-state index contributed by atoms with van der Waals surface area (Å²) in [7, 11) is 0. The number of aromatic nitrogens is 1. The number of halogens is 1. The van der Waals surface area contributed by atoms with Gasteiger partial charge in [0.1, 0.15) is 6.26 Å². The summed E-state index contributed by atoms with van der Waals surface area (Å²) in [6.45, 7) is 3.90. The van der Waals surface area contributed by atoms with E-state index < -0.39 is 0 Å². The minimum atomic E-state index is 0.142. The van der Waals surface area contributed by atoms with E-state index in [1.54, 1.807) is 18.4 Å². The van der Waals surface area contributed by atoms with E-state index in [-0.39, 0.29) is 5.91 Å². The van der Waals surface area contributed by atoms with E-state index in [9.17, 15) is 4.79 Å². The molecule has 0 aliphatic carbocycles. The highest BCUT2D eigenvalue weighted by Gasteiger charge is 2.31. The maximum absolute atomic E-state index is 12.6. The van der Waals surface area contributed by atoms with Gasteiger partial charge < -0.3 is 14.6 Å². The topological polar surface area (TPSA) is 58.4 Å². The summed E-state index contributed by atoms with van der Waals surface area (Å²) in [5, 5.41) is 4.14. The molecule has 5 nitrogen and oxygen atoms in total. The van der Waals surface area contributed by atoms with Crippen molar-refractivity contribution >= 4 is 17.5 Å². The molecular weight excluding hydrogens is 338 g/mol. The average Bonchev–Trinajstić information content (AvgIpc) is 3.21. The minimum Gasteiger partial charge on any atom is -0.444 e. The van der Waals surface area contributed by atoms with Crippen LogP contribution in [-0.4, -0.2) is 42.0 Å². The lowest BCUT2D eigenvalue weighted by Crippen LogP contribution is -2.34. The highest BCUT2D eigenvalue weighted by atomic mass is 35.5. The lowest BCUT2D eigenvalue weighted by molar-refractivity contribution is -0.130. The van der Waals surface area contributed by atoms with E-state index in [0.29, 0.717) is 23.0 Å². The number of nitrogens with zero attached hydrogens (tertiary/aromatic N) is 2. The summed E-state index contributed by atoms with van der Waals surface area (Å²) in [6, 6.07) is 7.33. The zero-order valence-corrected chi connectivity index (χ0v) is 14.8. The standard InChI is InChI=1S/C19H22ClN3O2/c20-16-3-1-13(2-4-16)19-22-17(12-25-19)9-18(24)23-7-5-14-10-21-11-15(14)6-8-23/h1-4,12,14-15,21H,5-11H2/t14-,15+. The van der Waals surface area contributed by atoms with Crippen LogP contribution < -0.4 is 5.32 Å². The molecule has 0 radical (unpaired) electrons. The molecule has 6 heteroatoms. The third kappa shape index (κ3) is 3.72. The van der Waals surface area contributed by atoms with E-state index in [1.807, 2.05) is 17.0 Å². The molecule has 0 bridgehead atoms. The summed E-state index contributed by atoms with van der Waals surface area (Å²) in [6.07, 6.45) is 4.07. The molecule has 4 rings (SSSR count). The summed E-state index contributed by atoms with van der Waals surface area (Å²) < 4.78 is 5.53. The van der Waals surface area contributed by atoms with Crippen molar-refractivity contribution in [2.24, 2.45) is 11.8 Å². The van der Waals surface area contributed by atoms with Crippen molar-refractivity contribution in [1.82, 2.24) is 15.2 Å². The first kappa shape index (κ1) is 16.6. The second-order valence-electron chi connectivity index (χ2n) is 6.96. The number of benzene rings is 1. The number of hydrogen-bond donors (Lipinski definition) is 1. The molecule has 0 spiro atoms. The Kier molecular flexibility index (Phi) is 4.77. The number of nitrogens with one attached hydrogen (secondary N) is 1. The maximum Gasteiger partial charge on any atom is 0.228 e. The number of likely N-dealkylation sites (tertiary alicyclic amines) is 1. The molecule has 1 aromatic carbocycles. The predicted octanol–water partition coefficient (Wildman–Crippen LogP) is 3.00. The van der Waals surface area contributed by atoms with Crippen molar-refractivity contribution in [3.05, 3.63) is 41.2 Å². The molecule has 2 fully saturated rings. The number of rotatable bonds is 3. The molecule has 0 saturated carbocycles. The van der Waals surface area contributed by atoms with Crippen LogP contribution in [0.5, 0.6) is 0 Å². The smallest absolute Gasteiger partial charge is 0.228 e. The largest absolute Gasteiger partial charge is 0.444 e. The van der Waals surface area contributed by atoms with Crippen molar-refractivity contribution in [3.8, 4) is 11.5 Å². The Labute approximate surface area is 152 Å². The molecule has 3 heterocycles. The fourth-order valence-electron chi connectivity index (χ4n) is 3.85. The zero-order chi connectivity index (χ0) is 17.2. The van der Waals surface area contributed by atoms with Crippen LogP contribution in [0.3, 0.4) is 0 Å². The predicted molar refractivity (Wildman–Crippen MR) is 96.3 cm³/mol. The molecule has 0 unspecified atom stereocenters. The van der Waals surface area contributed by atoms with Gasteiger partial charge in [0.05, 0.1) is 12.1 Å². The number of amides is 1. The van der Waals surface area contributed by atoms with Crippen molar-refractivity contribution in [1.29, 1.82) is 0 Å². The van der Waals surface area contributed by atoms with E-state index in [0.717, 1.165) is 56.4 Å². The van der Waals surface area contributed by atoms with Crippen LogP contribution in [0.15, 0.2) is 34.9 Å². The van der Waals surface area contributed by atoms with Crippen molar-refractivity contribution < 1.29 is 9.21 Å². The fourth-order valence-corrected chi connectivity index (χ4v) is 3.97. The molecule has 1 aromatic heterocycles. The van der Waals surface area contributed by atoms with Gasteiger partial charge in [-0.1, -0.05) is 11.6 Å². The van der Waals surface area contributed by atoms with E-state index in [2.05, 4.69) is 10.3 Å². The number of carbonyl (C=O) groups is 1. The zero-order valence-electron chi connectivity index (χ0n) is 14.1. The second kappa shape index (κ2) is 7.18. The van der Waals surface area contributed by atoms with Gasteiger partial charge in [-0.3, -0.25) is 4.79 Å². The number of fused-ring (bicyclic) bond motifs is 1. The van der Waals surface area contributed by atoms with Gasteiger partial charge in [-0.2, -0.15) is 0 Å². The highest BCUT2D eigenvalue weighted by molar-refractivity contribution is 6.30. The van der Waals surface area contributed by atoms with Crippen LogP contribution in [-0.2, 0) is 11.2 Å². The third-order valence-electron chi connectivity index (χ3n) is 5.35. The molecule has 2 atom stereocenters. The molecule has 1 amide bonds. The van der Waals surface area contributed by atoms with Crippen molar-refractivity contribution in [2.45, 2.75) is 19.3 Å². The van der Waals surface area contributed by atoms with Gasteiger partial charge >= 0.3 is 0 Å². The van der Waals surface area contributed by atoms with E-state index in [1.165, 1.54) is 0 Å². The van der Waals surface area contributed by atoms with Crippen LogP contribution in [0, 0.1) is 11.8 Å². The molecule has 2 aliphatic rings. The second-order valence-corrected chi connectivity index (χ2v) is 7.40. The lowest BCUT2D eigenvalue weighted by atomic mass is 9.92. The Balaban J connectivity index is 1.38. The molecule has 1 N–H and O–H groups in total. The normalized spacial score (nSPS) is 23.3. The van der Waals surface area contributed by atoms with Crippen LogP contribution in [0.25, 0.3) is 11.5 Å². The van der Waals surface area contributed by atoms with Crippen molar-refractivity contribution in [2.75, 3.05) is 26.2 Å². The van der Waals surface area contributed by atoms with Gasteiger partial charge in [0.15, 0.2) is 0 Å². The van der Waals surface area contributed by atoms with Gasteiger partial charge in [0, 0.05) is 23.7 Å². The van der Waals surface area contributed by atoms with Gasteiger partial charge in [0.25, 0.3) is 0 Å². The fraction of sp³-hybridized carbons (Fsp3) is 0.474. The first-order valence-electron chi connectivity index (χ1n) is 8.88. The van der Waals surface area contributed by atoms with Crippen LogP contribution >= 0.6 is 11.6 Å². The molecule has 2 aliphatic heterocycles. The first-order valence-corrected chi connectivity index (χ1v) is 9.25. The van der Waals surface area contributed by atoms with Crippen LogP contribution in [0.4, 0.5) is 0 Å². The first-order chi connectivity index (χ1) is 12.2. The van der Waals surface area contributed by atoms with E-state index >= 15 is 0 Å². The third-order valence-corrected chi connectivity index (χ3v) is 5.60. The van der Waals surface area contributed by atoms with Gasteiger partial charge in [0.2, 0.25) is 11.8 Å². The summed E-state index contributed by atoms with van der Waals surface area (Å²) in [5.74, 6) is 2.11. The maximum atomic E-state index is 12.6. The van der Waals surface area contributed by atoms with Crippen LogP contribution in [0.2, 0.25) is 5.02 Å². The molecule has 2 aromatic rings. The Bertz CT molecular complexity index is 729. The van der Waals surface area contributed by atoms with Gasteiger partial charge in [-0.25, -0.2) is 4.98 Å². The van der Waals surface area contributed by atoms with Gasteiger partial charge in [-0.15, -0.1) is 0 Å². The Morgan fingerprint density at radius 3 is 2.56 bits per heavy atom. The Morgan fingerprint density at radius 1 is 1.20 bits per heavy atom. The van der Waals surface area contributed by atoms with E-state index in [4.69, 9.17) is 16.0 Å². The summed E-state index contributed by atoms with van der Waals surface area (Å²) in [5.41, 5.74) is 1.54. The molecule has 2 saturated heterocycles. The highest BCUT2D eigenvalue weighted by Crippen LogP contribution is 2.27. The minimum absolute atomic E-state index is 0.142. The average molecular weight is 360 g/mol. The number of hydrogen-bond acceptors (Lipinski definition) is 4. The van der Waals surface area contributed by atoms with Crippen LogP contribution in [0.1, 0.15) is 18.5 Å². The summed E-state index contributed by atoms with van der Waals surface area (Å²) in [4.78, 5) is 19.1. The number of oxazole rings is 1. The quantitative estimate of drug-likeness (QED) is 0.915. The molecule has 132 valence electrons. The lowest BCUT2D eigenvalue weighted by Gasteiger charge is -2.20. The van der Waals surface area contributed by atoms with Crippen molar-refractivity contribution in [3.63, 3.8) is 0 Å². The Morgan fingerprint density at radius 2 is 1.88 bits per heavy atom. The number of carbonyl (C=O) groups excluding carboxylic acids is 1.